The number of hydrogen-bond donors (Lipinski definition) is 0. The maximum atomic E-state index is 13.8. The number of benzene rings is 2. The SMILES string of the molecule is CCOC(=O)C1=C(C)N=c2s/c(=C\c3ccc(-c4ccc(C(C)=O)cc4)o3)c(=O)n2[C@@H]1c1ccc(OCC)cc1. The summed E-state index contributed by atoms with van der Waals surface area (Å²) in [6, 6.07) is 17.4. The number of allylic oxidation sites excluding steroid dienone is 1. The Labute approximate surface area is 234 Å². The third-order valence-electron chi connectivity index (χ3n) is 6.50. The van der Waals surface area contributed by atoms with Crippen molar-refractivity contribution in [3.05, 3.63) is 109 Å². The average molecular weight is 557 g/mol. The van der Waals surface area contributed by atoms with Gasteiger partial charge in [-0.3, -0.25) is 14.2 Å². The molecule has 0 bridgehead atoms. The van der Waals surface area contributed by atoms with Crippen LogP contribution in [0.5, 0.6) is 5.75 Å². The number of ketones is 1. The fourth-order valence-electron chi connectivity index (χ4n) is 4.60. The van der Waals surface area contributed by atoms with Gasteiger partial charge >= 0.3 is 5.97 Å². The number of furan rings is 1. The quantitative estimate of drug-likeness (QED) is 0.231. The van der Waals surface area contributed by atoms with Crippen molar-refractivity contribution >= 4 is 29.2 Å². The van der Waals surface area contributed by atoms with Crippen LogP contribution < -0.4 is 19.6 Å². The van der Waals surface area contributed by atoms with Crippen LogP contribution in [0.4, 0.5) is 0 Å². The van der Waals surface area contributed by atoms with Crippen molar-refractivity contribution in [3.63, 3.8) is 0 Å². The lowest BCUT2D eigenvalue weighted by molar-refractivity contribution is -0.139. The van der Waals surface area contributed by atoms with Gasteiger partial charge in [0, 0.05) is 17.2 Å². The predicted octanol–water partition coefficient (Wildman–Crippen LogP) is 4.66. The number of ether oxygens (including phenoxy) is 2. The van der Waals surface area contributed by atoms with Crippen molar-refractivity contribution < 1.29 is 23.5 Å². The molecule has 9 heteroatoms. The Morgan fingerprint density at radius 3 is 2.40 bits per heavy atom. The highest BCUT2D eigenvalue weighted by atomic mass is 32.1. The molecule has 1 aliphatic rings. The molecule has 0 saturated carbocycles. The number of hydrogen-bond acceptors (Lipinski definition) is 8. The van der Waals surface area contributed by atoms with E-state index in [1.54, 1.807) is 38.1 Å². The smallest absolute Gasteiger partial charge is 0.338 e. The minimum Gasteiger partial charge on any atom is -0.494 e. The standard InChI is InChI=1S/C31H28N2O6S/c1-5-37-23-13-11-22(12-14-23)28-27(30(36)38-6-2)18(3)32-31-33(28)29(35)26(40-31)17-24-15-16-25(39-24)21-9-7-20(8-10-21)19(4)34/h7-17,28H,5-6H2,1-4H3/b26-17-/t28-/m1/s1. The van der Waals surface area contributed by atoms with Crippen molar-refractivity contribution in [2.24, 2.45) is 4.99 Å². The van der Waals surface area contributed by atoms with Crippen LogP contribution in [0.2, 0.25) is 0 Å². The third kappa shape index (κ3) is 5.20. The lowest BCUT2D eigenvalue weighted by Gasteiger charge is -2.24. The molecule has 40 heavy (non-hydrogen) atoms. The van der Waals surface area contributed by atoms with Gasteiger partial charge in [0.15, 0.2) is 10.6 Å². The second-order valence-electron chi connectivity index (χ2n) is 9.14. The molecule has 204 valence electrons. The average Bonchev–Trinajstić information content (AvgIpc) is 3.53. The second-order valence-corrected chi connectivity index (χ2v) is 10.1. The molecular formula is C31H28N2O6S. The van der Waals surface area contributed by atoms with Gasteiger partial charge < -0.3 is 13.9 Å². The summed E-state index contributed by atoms with van der Waals surface area (Å²) in [5, 5.41) is 0. The highest BCUT2D eigenvalue weighted by Gasteiger charge is 2.33. The zero-order valence-electron chi connectivity index (χ0n) is 22.6. The Balaban J connectivity index is 1.58. The highest BCUT2D eigenvalue weighted by molar-refractivity contribution is 7.07. The Bertz CT molecular complexity index is 1790. The lowest BCUT2D eigenvalue weighted by Crippen LogP contribution is -2.39. The number of aromatic nitrogens is 1. The summed E-state index contributed by atoms with van der Waals surface area (Å²) >= 11 is 1.23. The van der Waals surface area contributed by atoms with Crippen molar-refractivity contribution in [2.45, 2.75) is 33.7 Å². The van der Waals surface area contributed by atoms with Crippen LogP contribution >= 0.6 is 11.3 Å². The largest absolute Gasteiger partial charge is 0.494 e. The van der Waals surface area contributed by atoms with E-state index in [2.05, 4.69) is 4.99 Å². The van der Waals surface area contributed by atoms with Crippen molar-refractivity contribution in [1.82, 2.24) is 4.57 Å². The van der Waals surface area contributed by atoms with Crippen LogP contribution in [0.3, 0.4) is 0 Å². The van der Waals surface area contributed by atoms with E-state index in [9.17, 15) is 14.4 Å². The minimum atomic E-state index is -0.708. The molecule has 3 heterocycles. The summed E-state index contributed by atoms with van der Waals surface area (Å²) in [5.41, 5.74) is 2.70. The van der Waals surface area contributed by atoms with Crippen LogP contribution in [-0.4, -0.2) is 29.5 Å². The molecule has 0 N–H and O–H groups in total. The summed E-state index contributed by atoms with van der Waals surface area (Å²) in [6.45, 7) is 7.65. The number of esters is 1. The Hall–Kier alpha value is -4.50. The molecule has 1 aliphatic heterocycles. The topological polar surface area (TPSA) is 100 Å². The first kappa shape index (κ1) is 27.1. The molecule has 0 aliphatic carbocycles. The summed E-state index contributed by atoms with van der Waals surface area (Å²) in [7, 11) is 0. The van der Waals surface area contributed by atoms with Crippen LogP contribution in [0, 0.1) is 0 Å². The number of nitrogens with zero attached hydrogens (tertiary/aromatic N) is 2. The first-order chi connectivity index (χ1) is 19.3. The first-order valence-corrected chi connectivity index (χ1v) is 13.8. The highest BCUT2D eigenvalue weighted by Crippen LogP contribution is 2.31. The van der Waals surface area contributed by atoms with Crippen LogP contribution in [0.15, 0.2) is 86.1 Å². The summed E-state index contributed by atoms with van der Waals surface area (Å²) < 4.78 is 18.9. The second kappa shape index (κ2) is 11.3. The first-order valence-electron chi connectivity index (χ1n) is 12.9. The molecule has 2 aromatic carbocycles. The molecule has 0 unspecified atom stereocenters. The number of rotatable bonds is 8. The maximum Gasteiger partial charge on any atom is 0.338 e. The molecule has 4 aromatic rings. The monoisotopic (exact) mass is 556 g/mol. The van der Waals surface area contributed by atoms with Gasteiger partial charge in [-0.05, 0) is 57.5 Å². The molecule has 0 radical (unpaired) electrons. The van der Waals surface area contributed by atoms with Crippen LogP contribution in [-0.2, 0) is 9.53 Å². The molecule has 2 aromatic heterocycles. The number of Topliss-reactive ketones (excluding diaryl/α,β-unsaturated/α-hetero) is 1. The maximum absolute atomic E-state index is 13.8. The van der Waals surface area contributed by atoms with Gasteiger partial charge in [0.2, 0.25) is 0 Å². The normalized spacial score (nSPS) is 15.0. The van der Waals surface area contributed by atoms with Crippen molar-refractivity contribution in [1.29, 1.82) is 0 Å². The van der Waals surface area contributed by atoms with Crippen LogP contribution in [0.1, 0.15) is 55.4 Å². The Morgan fingerprint density at radius 2 is 1.75 bits per heavy atom. The molecular weight excluding hydrogens is 528 g/mol. The molecule has 0 amide bonds. The summed E-state index contributed by atoms with van der Waals surface area (Å²) in [4.78, 5) is 43.5. The number of fused-ring (bicyclic) bond motifs is 1. The molecule has 0 fully saturated rings. The minimum absolute atomic E-state index is 0.00745. The van der Waals surface area contributed by atoms with E-state index in [0.29, 0.717) is 50.0 Å². The number of carbonyl (C=O) groups excluding carboxylic acids is 2. The van der Waals surface area contributed by atoms with E-state index >= 15 is 0 Å². The van der Waals surface area contributed by atoms with Gasteiger partial charge in [0.05, 0.1) is 35.1 Å². The van der Waals surface area contributed by atoms with Gasteiger partial charge in [-0.1, -0.05) is 47.7 Å². The number of carbonyl (C=O) groups is 2. The van der Waals surface area contributed by atoms with Gasteiger partial charge in [-0.25, -0.2) is 9.79 Å². The van der Waals surface area contributed by atoms with Gasteiger partial charge in [-0.15, -0.1) is 0 Å². The van der Waals surface area contributed by atoms with E-state index in [-0.39, 0.29) is 17.9 Å². The van der Waals surface area contributed by atoms with E-state index in [1.807, 2.05) is 49.4 Å². The molecule has 8 nitrogen and oxygen atoms in total. The molecule has 1 atom stereocenters. The van der Waals surface area contributed by atoms with E-state index in [0.717, 1.165) is 11.1 Å². The van der Waals surface area contributed by atoms with E-state index in [4.69, 9.17) is 13.9 Å². The summed E-state index contributed by atoms with van der Waals surface area (Å²) in [5.74, 6) is 1.29. The zero-order chi connectivity index (χ0) is 28.4. The predicted molar refractivity (Wildman–Crippen MR) is 152 cm³/mol. The van der Waals surface area contributed by atoms with Crippen molar-refractivity contribution in [2.75, 3.05) is 13.2 Å². The van der Waals surface area contributed by atoms with Gasteiger partial charge in [0.1, 0.15) is 17.3 Å². The van der Waals surface area contributed by atoms with Crippen molar-refractivity contribution in [3.8, 4) is 17.1 Å². The molecule has 5 rings (SSSR count). The van der Waals surface area contributed by atoms with E-state index < -0.39 is 12.0 Å². The van der Waals surface area contributed by atoms with E-state index in [1.165, 1.54) is 22.8 Å². The van der Waals surface area contributed by atoms with Gasteiger partial charge in [0.25, 0.3) is 5.56 Å². The summed E-state index contributed by atoms with van der Waals surface area (Å²) in [6.07, 6.45) is 1.68. The van der Waals surface area contributed by atoms with Gasteiger partial charge in [-0.2, -0.15) is 0 Å². The lowest BCUT2D eigenvalue weighted by atomic mass is 9.96. The fraction of sp³-hybridized carbons (Fsp3) is 0.226. The molecule has 0 spiro atoms. The zero-order valence-corrected chi connectivity index (χ0v) is 23.4. The van der Waals surface area contributed by atoms with Crippen LogP contribution in [0.25, 0.3) is 17.4 Å². The Morgan fingerprint density at radius 1 is 1.02 bits per heavy atom. The Kier molecular flexibility index (Phi) is 7.66. The fourth-order valence-corrected chi connectivity index (χ4v) is 5.63. The molecule has 0 saturated heterocycles. The third-order valence-corrected chi connectivity index (χ3v) is 7.48. The number of thiazole rings is 1.